The highest BCUT2D eigenvalue weighted by Gasteiger charge is 2.13. The topological polar surface area (TPSA) is 238 Å². The number of nitrogen functional groups attached to an aromatic ring is 2. The van der Waals surface area contributed by atoms with Crippen molar-refractivity contribution in [2.45, 2.75) is 6.54 Å². The molecule has 120 valence electrons. The molecule has 16 heteroatoms. The van der Waals surface area contributed by atoms with Gasteiger partial charge in [-0.15, -0.1) is 30.6 Å². The van der Waals surface area contributed by atoms with Crippen LogP contribution in [0.25, 0.3) is 5.95 Å². The van der Waals surface area contributed by atoms with E-state index in [9.17, 15) is 0 Å². The molecule has 0 aromatic carbocycles. The molecular formula is C7H12N16. The van der Waals surface area contributed by atoms with Crippen molar-refractivity contribution in [3.05, 3.63) is 5.82 Å². The number of H-pyrrole nitrogens is 1. The lowest BCUT2D eigenvalue weighted by Gasteiger charge is -2.01. The number of nitrogens with zero attached hydrogens (tertiary/aromatic N) is 9. The molecule has 3 aromatic rings. The molecule has 0 saturated carbocycles. The Morgan fingerprint density at radius 3 is 2.35 bits per heavy atom. The Bertz CT molecular complexity index is 770. The number of aromatic amines is 1. The van der Waals surface area contributed by atoms with Gasteiger partial charge >= 0.3 is 0 Å². The van der Waals surface area contributed by atoms with Crippen LogP contribution in [0.15, 0.2) is 0 Å². The van der Waals surface area contributed by atoms with Crippen molar-refractivity contribution in [3.63, 3.8) is 0 Å². The zero-order valence-corrected chi connectivity index (χ0v) is 11.5. The zero-order chi connectivity index (χ0) is 16.2. The number of nitrogens with two attached hydrogens (primary N) is 3. The number of nitrogens with one attached hydrogen (secondary N) is 4. The molecule has 3 aromatic heterocycles. The number of hydrogen-bond donors (Lipinski definition) is 7. The van der Waals surface area contributed by atoms with Gasteiger partial charge < -0.3 is 5.73 Å². The van der Waals surface area contributed by atoms with Gasteiger partial charge in [-0.05, 0) is 0 Å². The van der Waals surface area contributed by atoms with Crippen molar-refractivity contribution in [3.8, 4) is 5.95 Å². The average molecular weight is 320 g/mol. The van der Waals surface area contributed by atoms with Gasteiger partial charge in [0.2, 0.25) is 5.95 Å². The molecular weight excluding hydrogens is 308 g/mol. The molecule has 3 heterocycles. The van der Waals surface area contributed by atoms with E-state index >= 15 is 0 Å². The van der Waals surface area contributed by atoms with Crippen LogP contribution in [0.3, 0.4) is 0 Å². The molecule has 0 aliphatic heterocycles. The highest BCUT2D eigenvalue weighted by molar-refractivity contribution is 5.43. The van der Waals surface area contributed by atoms with Crippen molar-refractivity contribution < 1.29 is 0 Å². The van der Waals surface area contributed by atoms with Gasteiger partial charge in [-0.2, -0.15) is 14.6 Å². The molecule has 0 bridgehead atoms. The van der Waals surface area contributed by atoms with Gasteiger partial charge in [-0.3, -0.25) is 16.2 Å². The van der Waals surface area contributed by atoms with Gasteiger partial charge in [0.1, 0.15) is 0 Å². The Balaban J connectivity index is 1.80. The summed E-state index contributed by atoms with van der Waals surface area (Å²) in [6.45, 7) is 0.101. The van der Waals surface area contributed by atoms with Gasteiger partial charge in [0, 0.05) is 0 Å². The highest BCUT2D eigenvalue weighted by Crippen LogP contribution is 2.09. The Hall–Kier alpha value is -3.50. The number of rotatable bonds is 6. The summed E-state index contributed by atoms with van der Waals surface area (Å²) in [6, 6.07) is 0. The third-order valence-corrected chi connectivity index (χ3v) is 2.49. The minimum absolute atomic E-state index is 0.0721. The molecule has 0 spiro atoms. The molecule has 0 fully saturated rings. The SMILES string of the molecule is NCc1nc(NN)nn1-c1nnc(Nc2n[nH]c(NN)n2)nn1. The normalized spacial score (nSPS) is 10.6. The van der Waals surface area contributed by atoms with Crippen LogP contribution < -0.4 is 33.6 Å². The summed E-state index contributed by atoms with van der Waals surface area (Å²) in [4.78, 5) is 7.95. The quantitative estimate of drug-likeness (QED) is 0.174. The van der Waals surface area contributed by atoms with Gasteiger partial charge in [0.15, 0.2) is 5.82 Å². The molecule has 23 heavy (non-hydrogen) atoms. The molecule has 0 atom stereocenters. The van der Waals surface area contributed by atoms with E-state index in [0.29, 0.717) is 5.82 Å². The summed E-state index contributed by atoms with van der Waals surface area (Å²) in [5.74, 6) is 11.6. The fraction of sp³-hybridized carbons (Fsp3) is 0.143. The van der Waals surface area contributed by atoms with Gasteiger partial charge in [0.05, 0.1) is 6.54 Å². The Morgan fingerprint density at radius 2 is 1.74 bits per heavy atom. The van der Waals surface area contributed by atoms with Gasteiger partial charge in [-0.1, -0.05) is 0 Å². The van der Waals surface area contributed by atoms with Gasteiger partial charge in [-0.25, -0.2) is 16.8 Å². The summed E-state index contributed by atoms with van der Waals surface area (Å²) in [5.41, 5.74) is 10.2. The molecule has 0 amide bonds. The lowest BCUT2D eigenvalue weighted by Crippen LogP contribution is -2.14. The second-order valence-corrected chi connectivity index (χ2v) is 3.91. The predicted molar refractivity (Wildman–Crippen MR) is 75.7 cm³/mol. The Labute approximate surface area is 127 Å². The molecule has 0 radical (unpaired) electrons. The van der Waals surface area contributed by atoms with Crippen LogP contribution in [0.1, 0.15) is 5.82 Å². The number of aromatic nitrogens is 10. The predicted octanol–water partition coefficient (Wildman–Crippen LogP) is -3.26. The van der Waals surface area contributed by atoms with Crippen LogP contribution in [0.5, 0.6) is 0 Å². The van der Waals surface area contributed by atoms with E-state index in [4.69, 9.17) is 17.4 Å². The van der Waals surface area contributed by atoms with E-state index in [1.807, 2.05) is 0 Å². The van der Waals surface area contributed by atoms with Crippen molar-refractivity contribution in [2.75, 3.05) is 16.2 Å². The summed E-state index contributed by atoms with van der Waals surface area (Å²) in [5, 5.41) is 28.4. The average Bonchev–Trinajstić information content (AvgIpc) is 3.21. The number of hydrazine groups is 2. The smallest absolute Gasteiger partial charge is 0.291 e. The van der Waals surface area contributed by atoms with Crippen molar-refractivity contribution in [2.24, 2.45) is 17.4 Å². The zero-order valence-electron chi connectivity index (χ0n) is 11.5. The van der Waals surface area contributed by atoms with E-state index < -0.39 is 0 Å². The summed E-state index contributed by atoms with van der Waals surface area (Å²) in [7, 11) is 0. The first-order chi connectivity index (χ1) is 11.2. The third-order valence-electron chi connectivity index (χ3n) is 2.49. The first-order valence-corrected chi connectivity index (χ1v) is 6.10. The molecule has 16 nitrogen and oxygen atoms in total. The van der Waals surface area contributed by atoms with E-state index in [-0.39, 0.29) is 36.3 Å². The summed E-state index contributed by atoms with van der Waals surface area (Å²) in [6.07, 6.45) is 0. The largest absolute Gasteiger partial charge is 0.324 e. The Kier molecular flexibility index (Phi) is 3.82. The Morgan fingerprint density at radius 1 is 0.957 bits per heavy atom. The first-order valence-electron chi connectivity index (χ1n) is 6.10. The standard InChI is InChI=1S/C7H12N16/c8-1-2-11-5(15-10)22-23(2)7-20-18-6(19-21-7)13-3-12-4(14-9)17-16-3/h1,8-10H2,(H,15,22)(H3,12,13,14,16,17,18,19). The minimum Gasteiger partial charge on any atom is -0.324 e. The molecule has 3 rings (SSSR count). The fourth-order valence-electron chi connectivity index (χ4n) is 1.54. The maximum atomic E-state index is 5.57. The second-order valence-electron chi connectivity index (χ2n) is 3.91. The van der Waals surface area contributed by atoms with E-state index in [2.05, 4.69) is 61.8 Å². The first kappa shape index (κ1) is 14.4. The highest BCUT2D eigenvalue weighted by atomic mass is 15.5. The molecule has 10 N–H and O–H groups in total. The van der Waals surface area contributed by atoms with E-state index in [0.717, 1.165) is 0 Å². The maximum absolute atomic E-state index is 5.57. The van der Waals surface area contributed by atoms with E-state index in [1.165, 1.54) is 4.68 Å². The third kappa shape index (κ3) is 2.92. The van der Waals surface area contributed by atoms with Crippen LogP contribution in [0.2, 0.25) is 0 Å². The fourth-order valence-corrected chi connectivity index (χ4v) is 1.54. The van der Waals surface area contributed by atoms with Crippen LogP contribution in [-0.4, -0.2) is 50.3 Å². The van der Waals surface area contributed by atoms with Crippen molar-refractivity contribution >= 4 is 23.8 Å². The molecule has 0 unspecified atom stereocenters. The number of anilines is 4. The summed E-state index contributed by atoms with van der Waals surface area (Å²) >= 11 is 0. The monoisotopic (exact) mass is 320 g/mol. The molecule has 0 aliphatic carbocycles. The lowest BCUT2D eigenvalue weighted by atomic mass is 10.6. The summed E-state index contributed by atoms with van der Waals surface area (Å²) < 4.78 is 1.27. The number of hydrogen-bond acceptors (Lipinski definition) is 14. The van der Waals surface area contributed by atoms with Gasteiger partial charge in [0.25, 0.3) is 23.8 Å². The van der Waals surface area contributed by atoms with E-state index in [1.54, 1.807) is 0 Å². The van der Waals surface area contributed by atoms with Crippen LogP contribution in [0.4, 0.5) is 23.8 Å². The maximum Gasteiger partial charge on any atom is 0.291 e. The molecule has 0 saturated heterocycles. The second kappa shape index (κ2) is 6.09. The van der Waals surface area contributed by atoms with Crippen molar-refractivity contribution in [1.82, 2.24) is 50.3 Å². The van der Waals surface area contributed by atoms with Crippen LogP contribution in [0, 0.1) is 0 Å². The van der Waals surface area contributed by atoms with Crippen LogP contribution in [-0.2, 0) is 6.54 Å². The van der Waals surface area contributed by atoms with Crippen molar-refractivity contribution in [1.29, 1.82) is 0 Å². The lowest BCUT2D eigenvalue weighted by molar-refractivity contribution is 0.696. The minimum atomic E-state index is 0.0721. The van der Waals surface area contributed by atoms with Crippen LogP contribution >= 0.6 is 0 Å². The molecule has 0 aliphatic rings.